The molecule has 3 aromatic rings. The van der Waals surface area contributed by atoms with Crippen molar-refractivity contribution in [3.05, 3.63) is 70.5 Å². The molecule has 3 heterocycles. The Morgan fingerprint density at radius 3 is 2.67 bits per heavy atom. The minimum Gasteiger partial charge on any atom is -0.497 e. The predicted octanol–water partition coefficient (Wildman–Crippen LogP) is 3.23. The standard InChI is InChI=1S/C23H26N4O3/c1-29-19-6-5-18(21(12-19)30-2)15-27-10-7-16(8-11-27)23-25-20(13-22(28)26-23)17-4-3-9-24-14-17/h3-6,9,12-14,16H,7-8,10-11,15H2,1-2H3,(H,25,26,28). The van der Waals surface area contributed by atoms with E-state index in [-0.39, 0.29) is 11.5 Å². The van der Waals surface area contributed by atoms with Gasteiger partial charge in [0.05, 0.1) is 19.9 Å². The number of pyridine rings is 1. The van der Waals surface area contributed by atoms with Crippen LogP contribution in [0.15, 0.2) is 53.6 Å². The molecule has 1 aliphatic rings. The van der Waals surface area contributed by atoms with Gasteiger partial charge in [-0.1, -0.05) is 6.07 Å². The molecule has 30 heavy (non-hydrogen) atoms. The smallest absolute Gasteiger partial charge is 0.251 e. The lowest BCUT2D eigenvalue weighted by Gasteiger charge is -2.31. The quantitative estimate of drug-likeness (QED) is 0.677. The fourth-order valence-corrected chi connectivity index (χ4v) is 3.92. The fraction of sp³-hybridized carbons (Fsp3) is 0.348. The number of piperidine rings is 1. The van der Waals surface area contributed by atoms with E-state index in [2.05, 4.69) is 20.9 Å². The third kappa shape index (κ3) is 4.52. The molecule has 0 aliphatic carbocycles. The number of aromatic nitrogens is 3. The molecular formula is C23H26N4O3. The summed E-state index contributed by atoms with van der Waals surface area (Å²) >= 11 is 0. The number of H-pyrrole nitrogens is 1. The number of nitrogens with one attached hydrogen (secondary N) is 1. The molecule has 7 nitrogen and oxygen atoms in total. The van der Waals surface area contributed by atoms with Gasteiger partial charge in [0.1, 0.15) is 17.3 Å². The van der Waals surface area contributed by atoms with E-state index in [1.807, 2.05) is 24.3 Å². The number of hydrogen-bond acceptors (Lipinski definition) is 6. The minimum atomic E-state index is -0.121. The summed E-state index contributed by atoms with van der Waals surface area (Å²) < 4.78 is 10.8. The molecule has 1 aliphatic heterocycles. The lowest BCUT2D eigenvalue weighted by atomic mass is 9.95. The zero-order valence-corrected chi connectivity index (χ0v) is 17.3. The topological polar surface area (TPSA) is 80.3 Å². The highest BCUT2D eigenvalue weighted by molar-refractivity contribution is 5.56. The molecule has 156 valence electrons. The molecule has 1 fully saturated rings. The highest BCUT2D eigenvalue weighted by Gasteiger charge is 2.23. The Balaban J connectivity index is 1.44. The maximum atomic E-state index is 12.2. The molecule has 0 atom stereocenters. The number of likely N-dealkylation sites (tertiary alicyclic amines) is 1. The zero-order valence-electron chi connectivity index (χ0n) is 17.3. The second kappa shape index (κ2) is 9.09. The van der Waals surface area contributed by atoms with Crippen LogP contribution in [0, 0.1) is 0 Å². The molecule has 0 amide bonds. The average molecular weight is 406 g/mol. The first kappa shape index (κ1) is 20.1. The SMILES string of the molecule is COc1ccc(CN2CCC(c3nc(-c4cccnc4)cc(=O)[nH]3)CC2)c(OC)c1. The van der Waals surface area contributed by atoms with E-state index in [4.69, 9.17) is 14.5 Å². The first-order valence-corrected chi connectivity index (χ1v) is 10.1. The van der Waals surface area contributed by atoms with Gasteiger partial charge in [-0.05, 0) is 44.1 Å². The highest BCUT2D eigenvalue weighted by Crippen LogP contribution is 2.30. The summed E-state index contributed by atoms with van der Waals surface area (Å²) in [5, 5.41) is 0. The Morgan fingerprint density at radius 2 is 1.97 bits per heavy atom. The third-order valence-electron chi connectivity index (χ3n) is 5.58. The van der Waals surface area contributed by atoms with Crippen LogP contribution in [0.2, 0.25) is 0 Å². The van der Waals surface area contributed by atoms with Crippen molar-refractivity contribution in [2.75, 3.05) is 27.3 Å². The average Bonchev–Trinajstić information content (AvgIpc) is 2.80. The molecule has 0 unspecified atom stereocenters. The van der Waals surface area contributed by atoms with Crippen LogP contribution < -0.4 is 15.0 Å². The van der Waals surface area contributed by atoms with Crippen molar-refractivity contribution >= 4 is 0 Å². The number of methoxy groups -OCH3 is 2. The van der Waals surface area contributed by atoms with Gasteiger partial charge in [-0.2, -0.15) is 0 Å². The van der Waals surface area contributed by atoms with Gasteiger partial charge in [-0.3, -0.25) is 14.7 Å². The predicted molar refractivity (Wildman–Crippen MR) is 115 cm³/mol. The van der Waals surface area contributed by atoms with Gasteiger partial charge in [0.25, 0.3) is 5.56 Å². The van der Waals surface area contributed by atoms with E-state index in [0.29, 0.717) is 5.69 Å². The van der Waals surface area contributed by atoms with Crippen LogP contribution in [0.25, 0.3) is 11.3 Å². The van der Waals surface area contributed by atoms with E-state index in [1.165, 1.54) is 6.07 Å². The Labute approximate surface area is 175 Å². The summed E-state index contributed by atoms with van der Waals surface area (Å²) in [6, 6.07) is 11.2. The van der Waals surface area contributed by atoms with Crippen LogP contribution in [0.4, 0.5) is 0 Å². The van der Waals surface area contributed by atoms with Gasteiger partial charge in [0, 0.05) is 48.1 Å². The highest BCUT2D eigenvalue weighted by atomic mass is 16.5. The molecule has 2 aromatic heterocycles. The van der Waals surface area contributed by atoms with E-state index >= 15 is 0 Å². The van der Waals surface area contributed by atoms with Gasteiger partial charge in [0.15, 0.2) is 0 Å². The maximum Gasteiger partial charge on any atom is 0.251 e. The molecule has 0 saturated carbocycles. The van der Waals surface area contributed by atoms with Gasteiger partial charge in [-0.15, -0.1) is 0 Å². The largest absolute Gasteiger partial charge is 0.497 e. The lowest BCUT2D eigenvalue weighted by Crippen LogP contribution is -2.33. The van der Waals surface area contributed by atoms with Crippen molar-refractivity contribution in [2.45, 2.75) is 25.3 Å². The van der Waals surface area contributed by atoms with Crippen molar-refractivity contribution in [1.82, 2.24) is 19.9 Å². The Kier molecular flexibility index (Phi) is 6.09. The van der Waals surface area contributed by atoms with E-state index in [1.54, 1.807) is 26.6 Å². The summed E-state index contributed by atoms with van der Waals surface area (Å²) in [6.07, 6.45) is 5.33. The zero-order chi connectivity index (χ0) is 20.9. The molecule has 0 bridgehead atoms. The van der Waals surface area contributed by atoms with Gasteiger partial charge in [-0.25, -0.2) is 4.98 Å². The number of benzene rings is 1. The summed E-state index contributed by atoms with van der Waals surface area (Å²) in [7, 11) is 3.34. The third-order valence-corrected chi connectivity index (χ3v) is 5.58. The first-order chi connectivity index (χ1) is 14.7. The summed E-state index contributed by atoms with van der Waals surface area (Å²) in [4.78, 5) is 26.4. The van der Waals surface area contributed by atoms with Crippen molar-refractivity contribution in [3.8, 4) is 22.8 Å². The van der Waals surface area contributed by atoms with Crippen LogP contribution in [0.5, 0.6) is 11.5 Å². The van der Waals surface area contributed by atoms with Crippen molar-refractivity contribution in [3.63, 3.8) is 0 Å². The van der Waals surface area contributed by atoms with Gasteiger partial charge in [0.2, 0.25) is 0 Å². The summed E-state index contributed by atoms with van der Waals surface area (Å²) in [6.45, 7) is 2.68. The van der Waals surface area contributed by atoms with Crippen molar-refractivity contribution in [2.24, 2.45) is 0 Å². The van der Waals surface area contributed by atoms with Gasteiger partial charge < -0.3 is 14.5 Å². The molecule has 0 spiro atoms. The summed E-state index contributed by atoms with van der Waals surface area (Å²) in [5.41, 5.74) is 2.55. The Hall–Kier alpha value is -3.19. The second-order valence-electron chi connectivity index (χ2n) is 7.49. The molecule has 1 saturated heterocycles. The summed E-state index contributed by atoms with van der Waals surface area (Å²) in [5.74, 6) is 2.64. The van der Waals surface area contributed by atoms with Crippen LogP contribution in [0.3, 0.4) is 0 Å². The Bertz CT molecular complexity index is 1040. The van der Waals surface area contributed by atoms with Crippen molar-refractivity contribution in [1.29, 1.82) is 0 Å². The molecule has 4 rings (SSSR count). The van der Waals surface area contributed by atoms with E-state index < -0.39 is 0 Å². The molecular weight excluding hydrogens is 380 g/mol. The van der Waals surface area contributed by atoms with Gasteiger partial charge >= 0.3 is 0 Å². The van der Waals surface area contributed by atoms with E-state index in [9.17, 15) is 4.79 Å². The maximum absolute atomic E-state index is 12.2. The molecule has 1 N–H and O–H groups in total. The Morgan fingerprint density at radius 1 is 1.13 bits per heavy atom. The number of rotatable bonds is 6. The second-order valence-corrected chi connectivity index (χ2v) is 7.49. The molecule has 7 heteroatoms. The monoisotopic (exact) mass is 406 g/mol. The number of ether oxygens (including phenoxy) is 2. The van der Waals surface area contributed by atoms with Crippen LogP contribution in [-0.4, -0.2) is 47.2 Å². The number of hydrogen-bond donors (Lipinski definition) is 1. The normalized spacial score (nSPS) is 15.1. The van der Waals surface area contributed by atoms with Crippen LogP contribution >= 0.6 is 0 Å². The number of aromatic amines is 1. The first-order valence-electron chi connectivity index (χ1n) is 10.1. The number of nitrogens with zero attached hydrogens (tertiary/aromatic N) is 3. The fourth-order valence-electron chi connectivity index (χ4n) is 3.92. The van der Waals surface area contributed by atoms with Crippen LogP contribution in [-0.2, 0) is 6.54 Å². The molecule has 1 aromatic carbocycles. The molecule has 0 radical (unpaired) electrons. The minimum absolute atomic E-state index is 0.121. The van der Waals surface area contributed by atoms with E-state index in [0.717, 1.165) is 60.9 Å². The van der Waals surface area contributed by atoms with Crippen molar-refractivity contribution < 1.29 is 9.47 Å². The lowest BCUT2D eigenvalue weighted by molar-refractivity contribution is 0.199. The van der Waals surface area contributed by atoms with Crippen LogP contribution in [0.1, 0.15) is 30.1 Å².